The summed E-state index contributed by atoms with van der Waals surface area (Å²) >= 11 is 1.05. The summed E-state index contributed by atoms with van der Waals surface area (Å²) in [6.45, 7) is -0.760. The monoisotopic (exact) mass is 697 g/mol. The summed E-state index contributed by atoms with van der Waals surface area (Å²) in [6.07, 6.45) is -0.305. The van der Waals surface area contributed by atoms with Crippen molar-refractivity contribution in [2.75, 3.05) is 24.7 Å². The Morgan fingerprint density at radius 2 is 1.89 bits per heavy atom. The van der Waals surface area contributed by atoms with Crippen LogP contribution in [0.4, 0.5) is 11.8 Å². The van der Waals surface area contributed by atoms with Crippen molar-refractivity contribution in [2.24, 2.45) is 11.3 Å². The highest BCUT2D eigenvalue weighted by Gasteiger charge is 2.69. The van der Waals surface area contributed by atoms with Crippen molar-refractivity contribution < 1.29 is 42.3 Å². The number of aliphatic hydroxyl groups is 2. The highest BCUT2D eigenvalue weighted by molar-refractivity contribution is 8.00. The van der Waals surface area contributed by atoms with E-state index in [1.165, 1.54) is 23.5 Å². The predicted molar refractivity (Wildman–Crippen MR) is 158 cm³/mol. The minimum Gasteiger partial charge on any atom is -0.389 e. The predicted octanol–water partition coefficient (Wildman–Crippen LogP) is -0.0142. The Morgan fingerprint density at radius 1 is 1.11 bits per heavy atom. The Morgan fingerprint density at radius 3 is 2.67 bits per heavy atom. The smallest absolute Gasteiger partial charge is 0.389 e. The molecule has 2 aliphatic heterocycles. The number of phosphoric acid groups is 1. The average Bonchev–Trinajstić information content (AvgIpc) is 3.72. The third-order valence-corrected chi connectivity index (χ3v) is 12.6. The molecule has 23 heteroatoms. The van der Waals surface area contributed by atoms with E-state index in [1.54, 1.807) is 4.57 Å². The number of fused-ring (bicyclic) bond motifs is 4. The fourth-order valence-electron chi connectivity index (χ4n) is 7.14. The van der Waals surface area contributed by atoms with Crippen molar-refractivity contribution >= 4 is 61.9 Å². The van der Waals surface area contributed by atoms with Crippen LogP contribution in [0.1, 0.15) is 24.3 Å². The molecule has 46 heavy (non-hydrogen) atoms. The number of thioether (sulfide) groups is 1. The van der Waals surface area contributed by atoms with Crippen LogP contribution in [0.3, 0.4) is 0 Å². The van der Waals surface area contributed by atoms with Crippen LogP contribution in [0.25, 0.3) is 22.3 Å². The van der Waals surface area contributed by atoms with Crippen molar-refractivity contribution in [3.05, 3.63) is 29.3 Å². The molecule has 0 radical (unpaired) electrons. The van der Waals surface area contributed by atoms with E-state index in [2.05, 4.69) is 29.9 Å². The molecule has 1 spiro atoms. The molecule has 0 aromatic carbocycles. The van der Waals surface area contributed by atoms with E-state index < -0.39 is 80.7 Å². The van der Waals surface area contributed by atoms with Gasteiger partial charge in [-0.2, -0.15) is 4.98 Å². The summed E-state index contributed by atoms with van der Waals surface area (Å²) in [5.41, 5.74) is 10.7. The van der Waals surface area contributed by atoms with Crippen LogP contribution in [0, 0.1) is 11.3 Å². The zero-order chi connectivity index (χ0) is 32.1. The molecule has 2 unspecified atom stereocenters. The second-order valence-corrected chi connectivity index (χ2v) is 15.3. The number of nitrogen functional groups attached to an aromatic ring is 2. The zero-order valence-electron chi connectivity index (χ0n) is 23.5. The maximum absolute atomic E-state index is 13.5. The van der Waals surface area contributed by atoms with Crippen LogP contribution in [0.5, 0.6) is 0 Å². The molecule has 2 bridgehead atoms. The number of rotatable bonds is 2. The van der Waals surface area contributed by atoms with Gasteiger partial charge >= 0.3 is 16.1 Å². The van der Waals surface area contributed by atoms with Gasteiger partial charge in [0.2, 0.25) is 5.95 Å². The van der Waals surface area contributed by atoms with E-state index in [0.717, 1.165) is 11.8 Å². The lowest BCUT2D eigenvalue weighted by atomic mass is 9.60. The first-order chi connectivity index (χ1) is 22.0. The Kier molecular flexibility index (Phi) is 7.04. The lowest BCUT2D eigenvalue weighted by Gasteiger charge is -2.47. The third kappa shape index (κ3) is 4.53. The molecular weight excluding hydrogens is 670 g/mol. The number of hydrogen-bond acceptors (Lipinski definition) is 17. The van der Waals surface area contributed by atoms with Gasteiger partial charge in [0.15, 0.2) is 28.7 Å². The normalized spacial score (nSPS) is 38.9. The maximum atomic E-state index is 13.5. The number of nitrogens with one attached hydrogen (secondary N) is 1. The van der Waals surface area contributed by atoms with Gasteiger partial charge in [-0.15, -0.1) is 20.8 Å². The van der Waals surface area contributed by atoms with Crippen molar-refractivity contribution in [2.45, 2.75) is 53.9 Å². The highest BCUT2D eigenvalue weighted by Crippen LogP contribution is 2.66. The molecule has 8 N–H and O–H groups in total. The van der Waals surface area contributed by atoms with E-state index >= 15 is 0 Å². The number of nitrogens with zero attached hydrogens (tertiary/aromatic N) is 7. The molecule has 0 amide bonds. The van der Waals surface area contributed by atoms with Crippen molar-refractivity contribution in [3.63, 3.8) is 0 Å². The molecule has 4 aliphatic rings. The molecule has 4 aromatic rings. The molecule has 4 aromatic heterocycles. The van der Waals surface area contributed by atoms with Gasteiger partial charge in [0.25, 0.3) is 5.56 Å². The molecule has 244 valence electrons. The van der Waals surface area contributed by atoms with Gasteiger partial charge in [0, 0.05) is 9.98 Å². The summed E-state index contributed by atoms with van der Waals surface area (Å²) < 4.78 is 52.5. The highest BCUT2D eigenvalue weighted by atomic mass is 32.2. The summed E-state index contributed by atoms with van der Waals surface area (Å²) in [4.78, 5) is 46.5. The first-order valence-corrected chi connectivity index (χ1v) is 17.6. The lowest BCUT2D eigenvalue weighted by Crippen LogP contribution is -2.49. The number of anilines is 2. The van der Waals surface area contributed by atoms with Crippen LogP contribution >= 0.6 is 27.8 Å². The second kappa shape index (κ2) is 10.7. The average molecular weight is 698 g/mol. The minimum atomic E-state index is -4.93. The van der Waals surface area contributed by atoms with Gasteiger partial charge in [-0.3, -0.25) is 23.4 Å². The van der Waals surface area contributed by atoms with Gasteiger partial charge in [0.1, 0.15) is 36.0 Å². The van der Waals surface area contributed by atoms with Crippen LogP contribution in [-0.4, -0.2) is 97.0 Å². The van der Waals surface area contributed by atoms with Crippen LogP contribution in [0.2, 0.25) is 0 Å². The van der Waals surface area contributed by atoms with Gasteiger partial charge in [-0.25, -0.2) is 24.5 Å². The lowest BCUT2D eigenvalue weighted by molar-refractivity contribution is -0.0895. The number of aromatic amines is 1. The van der Waals surface area contributed by atoms with Gasteiger partial charge in [-0.1, -0.05) is 0 Å². The number of imidazole rings is 2. The molecule has 2 saturated carbocycles. The van der Waals surface area contributed by atoms with Crippen LogP contribution < -0.4 is 17.0 Å². The number of aliphatic hydroxyl groups excluding tert-OH is 2. The number of phosphoric ester groups is 1. The molecular formula is C23H27N10O10P2S+. The maximum Gasteiger partial charge on any atom is 0.697 e. The Hall–Kier alpha value is -3.10. The van der Waals surface area contributed by atoms with Crippen LogP contribution in [-0.2, 0) is 27.2 Å². The fraction of sp³-hybridized carbons (Fsp3) is 0.565. The number of H-pyrrole nitrogens is 1. The van der Waals surface area contributed by atoms with E-state index in [1.807, 2.05) is 0 Å². The second-order valence-electron chi connectivity index (χ2n) is 11.6. The Bertz CT molecular complexity index is 1990. The van der Waals surface area contributed by atoms with Crippen LogP contribution in [0.15, 0.2) is 23.8 Å². The molecule has 6 heterocycles. The standard InChI is InChI=1S/C23H26N10O10P2S/c24-17-10-18(27-5-26-17)32(6-28-10)12-8-1-2-23(8)4-41-45(38,39)43-15-13(34)9(3-40-44(37)42-16(23)14(12)35)46-21(15)33-7-29-11-19(33)30-22(25)31-20(11)36/h5-9,12-16,21,34-35H,1-4H2,(H5-,24,25,26,27,30,31,36,38,39)/p+1/t8-,9-,12-,13-,14+,15-,16+,21-,23+/m1/s1. The topological polar surface area (TPSA) is 291 Å². The summed E-state index contributed by atoms with van der Waals surface area (Å²) in [6, 6.07) is -0.701. The van der Waals surface area contributed by atoms with E-state index in [-0.39, 0.29) is 29.5 Å². The molecule has 20 nitrogen and oxygen atoms in total. The van der Waals surface area contributed by atoms with E-state index in [0.29, 0.717) is 24.0 Å². The molecule has 2 saturated heterocycles. The first-order valence-electron chi connectivity index (χ1n) is 14.1. The quantitative estimate of drug-likeness (QED) is 0.150. The first kappa shape index (κ1) is 30.2. The van der Waals surface area contributed by atoms with Crippen molar-refractivity contribution in [1.82, 2.24) is 39.0 Å². The van der Waals surface area contributed by atoms with Crippen molar-refractivity contribution in [3.8, 4) is 0 Å². The fourth-order valence-corrected chi connectivity index (χ4v) is 10.7. The Labute approximate surface area is 262 Å². The number of aromatic nitrogens is 8. The van der Waals surface area contributed by atoms with Crippen molar-refractivity contribution in [1.29, 1.82) is 0 Å². The van der Waals surface area contributed by atoms with E-state index in [9.17, 15) is 29.0 Å². The van der Waals surface area contributed by atoms with E-state index in [4.69, 9.17) is 29.6 Å². The van der Waals surface area contributed by atoms with Gasteiger partial charge in [0.05, 0.1) is 36.7 Å². The number of nitrogens with two attached hydrogens (primary N) is 2. The molecule has 4 fully saturated rings. The molecule has 8 rings (SSSR count). The zero-order valence-corrected chi connectivity index (χ0v) is 26.1. The third-order valence-electron chi connectivity index (χ3n) is 9.34. The SMILES string of the molecule is Nc1nc2c(ncn2[C@@H]2S[C@@H]3CO[P+](=O)O[C@H]4[C@@H](O)[C@H](n5cnc6c(N)ncnc65)[C@H]5CC[C@]54COP(=O)(O)O[C@@H]2[C@@H]3O)c(=O)[nH]1. The Balaban J connectivity index is 1.14. The summed E-state index contributed by atoms with van der Waals surface area (Å²) in [5.74, 6) is -0.431. The minimum absolute atomic E-state index is 0.0487. The molecule has 2 aliphatic carbocycles. The van der Waals surface area contributed by atoms with Gasteiger partial charge in [-0.05, 0) is 18.8 Å². The molecule has 11 atom stereocenters. The van der Waals surface area contributed by atoms with Gasteiger partial charge < -0.3 is 31.1 Å². The summed E-state index contributed by atoms with van der Waals surface area (Å²) in [7, 11) is -7.79. The number of hydrogen-bond donors (Lipinski definition) is 6. The largest absolute Gasteiger partial charge is 0.697 e. The summed E-state index contributed by atoms with van der Waals surface area (Å²) in [5, 5.41) is 21.0.